The summed E-state index contributed by atoms with van der Waals surface area (Å²) in [7, 11) is -3.17. The van der Waals surface area contributed by atoms with Crippen LogP contribution in [0.15, 0.2) is 51.0 Å². The molecule has 0 amide bonds. The van der Waals surface area contributed by atoms with Gasteiger partial charge in [0, 0.05) is 19.3 Å². The number of benzene rings is 1. The molecule has 2 aromatic rings. The van der Waals surface area contributed by atoms with Gasteiger partial charge in [0.05, 0.1) is 11.4 Å². The SMILES string of the molecule is CCNC(=NCC(C)(O)c1ccsc1)NCCc1ccc(S(C)(=O)=O)cc1. The van der Waals surface area contributed by atoms with Crippen molar-refractivity contribution in [3.05, 3.63) is 52.2 Å². The predicted molar refractivity (Wildman–Crippen MR) is 111 cm³/mol. The number of nitrogens with zero attached hydrogens (tertiary/aromatic N) is 1. The number of nitrogens with one attached hydrogen (secondary N) is 2. The summed E-state index contributed by atoms with van der Waals surface area (Å²) >= 11 is 1.55. The van der Waals surface area contributed by atoms with Gasteiger partial charge in [-0.15, -0.1) is 0 Å². The van der Waals surface area contributed by atoms with Crippen molar-refractivity contribution in [2.45, 2.75) is 30.8 Å². The lowest BCUT2D eigenvalue weighted by atomic mass is 10.00. The second-order valence-corrected chi connectivity index (χ2v) is 9.37. The molecule has 0 saturated heterocycles. The van der Waals surface area contributed by atoms with Crippen molar-refractivity contribution in [1.29, 1.82) is 0 Å². The molecule has 0 bridgehead atoms. The molecular formula is C19H27N3O3S2. The molecule has 0 saturated carbocycles. The molecule has 2 rings (SSSR count). The lowest BCUT2D eigenvalue weighted by molar-refractivity contribution is 0.0677. The lowest BCUT2D eigenvalue weighted by Crippen LogP contribution is -2.39. The fourth-order valence-electron chi connectivity index (χ4n) is 2.47. The van der Waals surface area contributed by atoms with Crippen molar-refractivity contribution in [2.75, 3.05) is 25.9 Å². The van der Waals surface area contributed by atoms with Gasteiger partial charge in [-0.3, -0.25) is 0 Å². The molecule has 0 aliphatic carbocycles. The fourth-order valence-corrected chi connectivity index (χ4v) is 3.88. The molecule has 8 heteroatoms. The molecule has 0 aliphatic rings. The third kappa shape index (κ3) is 6.64. The monoisotopic (exact) mass is 409 g/mol. The maximum Gasteiger partial charge on any atom is 0.191 e. The molecule has 1 atom stereocenters. The zero-order chi connectivity index (χ0) is 19.9. The van der Waals surface area contributed by atoms with E-state index in [0.717, 1.165) is 24.1 Å². The van der Waals surface area contributed by atoms with Crippen molar-refractivity contribution in [3.63, 3.8) is 0 Å². The van der Waals surface area contributed by atoms with Gasteiger partial charge in [-0.25, -0.2) is 13.4 Å². The Morgan fingerprint density at radius 1 is 1.22 bits per heavy atom. The summed E-state index contributed by atoms with van der Waals surface area (Å²) in [6.45, 7) is 5.35. The number of aliphatic imine (C=N–C) groups is 1. The Balaban J connectivity index is 1.92. The average Bonchev–Trinajstić information content (AvgIpc) is 3.15. The number of guanidine groups is 1. The summed E-state index contributed by atoms with van der Waals surface area (Å²) in [4.78, 5) is 4.81. The molecule has 1 aromatic heterocycles. The second kappa shape index (κ2) is 9.34. The lowest BCUT2D eigenvalue weighted by Gasteiger charge is -2.21. The zero-order valence-corrected chi connectivity index (χ0v) is 17.5. The van der Waals surface area contributed by atoms with E-state index >= 15 is 0 Å². The Labute approximate surface area is 165 Å². The molecule has 27 heavy (non-hydrogen) atoms. The van der Waals surface area contributed by atoms with Crippen LogP contribution >= 0.6 is 11.3 Å². The van der Waals surface area contributed by atoms with E-state index in [4.69, 9.17) is 0 Å². The average molecular weight is 410 g/mol. The van der Waals surface area contributed by atoms with Gasteiger partial charge < -0.3 is 15.7 Å². The van der Waals surface area contributed by atoms with Gasteiger partial charge in [-0.2, -0.15) is 11.3 Å². The van der Waals surface area contributed by atoms with Gasteiger partial charge in [-0.05, 0) is 60.4 Å². The smallest absolute Gasteiger partial charge is 0.191 e. The van der Waals surface area contributed by atoms with Crippen LogP contribution in [0.2, 0.25) is 0 Å². The van der Waals surface area contributed by atoms with Crippen LogP contribution in [-0.4, -0.2) is 45.4 Å². The summed E-state index contributed by atoms with van der Waals surface area (Å²) in [6, 6.07) is 8.80. The standard InChI is InChI=1S/C19H27N3O3S2/c1-4-20-18(22-14-19(2,23)16-10-12-26-13-16)21-11-9-15-5-7-17(8-6-15)27(3,24)25/h5-8,10,12-13,23H,4,9,11,14H2,1-3H3,(H2,20,21,22). The fraction of sp³-hybridized carbons (Fsp3) is 0.421. The quantitative estimate of drug-likeness (QED) is 0.459. The second-order valence-electron chi connectivity index (χ2n) is 6.57. The van der Waals surface area contributed by atoms with E-state index in [-0.39, 0.29) is 6.54 Å². The van der Waals surface area contributed by atoms with E-state index in [1.54, 1.807) is 30.4 Å². The molecule has 6 nitrogen and oxygen atoms in total. The van der Waals surface area contributed by atoms with Crippen LogP contribution in [0.4, 0.5) is 0 Å². The zero-order valence-electron chi connectivity index (χ0n) is 15.9. The molecule has 0 aliphatic heterocycles. The number of hydrogen-bond acceptors (Lipinski definition) is 5. The first-order valence-corrected chi connectivity index (χ1v) is 11.6. The van der Waals surface area contributed by atoms with Crippen LogP contribution < -0.4 is 10.6 Å². The third-order valence-electron chi connectivity index (χ3n) is 4.09. The summed E-state index contributed by atoms with van der Waals surface area (Å²) in [5.74, 6) is 0.640. The van der Waals surface area contributed by atoms with Gasteiger partial charge >= 0.3 is 0 Å². The highest BCUT2D eigenvalue weighted by atomic mass is 32.2. The van der Waals surface area contributed by atoms with Crippen LogP contribution in [0.5, 0.6) is 0 Å². The van der Waals surface area contributed by atoms with Crippen LogP contribution in [0.1, 0.15) is 25.0 Å². The van der Waals surface area contributed by atoms with E-state index in [1.807, 2.05) is 35.9 Å². The summed E-state index contributed by atoms with van der Waals surface area (Å²) < 4.78 is 23.0. The van der Waals surface area contributed by atoms with Gasteiger partial charge in [-0.1, -0.05) is 12.1 Å². The summed E-state index contributed by atoms with van der Waals surface area (Å²) in [5, 5.41) is 20.9. The first-order chi connectivity index (χ1) is 12.7. The Hall–Kier alpha value is -1.90. The number of thiophene rings is 1. The number of hydrogen-bond donors (Lipinski definition) is 3. The van der Waals surface area contributed by atoms with Crippen LogP contribution in [0, 0.1) is 0 Å². The van der Waals surface area contributed by atoms with Crippen molar-refractivity contribution in [2.24, 2.45) is 4.99 Å². The number of aliphatic hydroxyl groups is 1. The minimum absolute atomic E-state index is 0.252. The molecule has 3 N–H and O–H groups in total. The number of sulfone groups is 1. The Morgan fingerprint density at radius 2 is 1.93 bits per heavy atom. The maximum atomic E-state index is 11.5. The summed E-state index contributed by atoms with van der Waals surface area (Å²) in [5.41, 5.74) is 0.887. The molecule has 148 valence electrons. The highest BCUT2D eigenvalue weighted by Crippen LogP contribution is 2.23. The third-order valence-corrected chi connectivity index (χ3v) is 5.90. The van der Waals surface area contributed by atoms with Crippen molar-refractivity contribution in [3.8, 4) is 0 Å². The molecule has 1 aromatic carbocycles. The van der Waals surface area contributed by atoms with Crippen LogP contribution in [0.3, 0.4) is 0 Å². The Kier molecular flexibility index (Phi) is 7.41. The first kappa shape index (κ1) is 21.4. The minimum Gasteiger partial charge on any atom is -0.383 e. The molecule has 1 heterocycles. The highest BCUT2D eigenvalue weighted by molar-refractivity contribution is 7.90. The van der Waals surface area contributed by atoms with E-state index in [1.165, 1.54) is 6.26 Å². The molecule has 0 fully saturated rings. The predicted octanol–water partition coefficient (Wildman–Crippen LogP) is 2.16. The van der Waals surface area contributed by atoms with Crippen molar-refractivity contribution < 1.29 is 13.5 Å². The van der Waals surface area contributed by atoms with E-state index in [0.29, 0.717) is 17.4 Å². The maximum absolute atomic E-state index is 11.5. The van der Waals surface area contributed by atoms with Gasteiger partial charge in [0.1, 0.15) is 5.60 Å². The van der Waals surface area contributed by atoms with Crippen molar-refractivity contribution in [1.82, 2.24) is 10.6 Å². The van der Waals surface area contributed by atoms with Gasteiger partial charge in [0.25, 0.3) is 0 Å². The van der Waals surface area contributed by atoms with E-state index in [2.05, 4.69) is 15.6 Å². The molecular weight excluding hydrogens is 382 g/mol. The molecule has 1 unspecified atom stereocenters. The van der Waals surface area contributed by atoms with Gasteiger partial charge in [0.2, 0.25) is 0 Å². The van der Waals surface area contributed by atoms with Crippen LogP contribution in [0.25, 0.3) is 0 Å². The highest BCUT2D eigenvalue weighted by Gasteiger charge is 2.23. The largest absolute Gasteiger partial charge is 0.383 e. The molecule has 0 spiro atoms. The van der Waals surface area contributed by atoms with Gasteiger partial charge in [0.15, 0.2) is 15.8 Å². The van der Waals surface area contributed by atoms with Crippen LogP contribution in [-0.2, 0) is 21.9 Å². The Morgan fingerprint density at radius 3 is 2.48 bits per heavy atom. The normalized spacial score (nSPS) is 14.6. The summed E-state index contributed by atoms with van der Waals surface area (Å²) in [6.07, 6.45) is 1.93. The minimum atomic E-state index is -3.17. The van der Waals surface area contributed by atoms with Crippen molar-refractivity contribution >= 4 is 27.1 Å². The Bertz CT molecular complexity index is 843. The van der Waals surface area contributed by atoms with E-state index < -0.39 is 15.4 Å². The van der Waals surface area contributed by atoms with E-state index in [9.17, 15) is 13.5 Å². The molecule has 0 radical (unpaired) electrons. The topological polar surface area (TPSA) is 90.8 Å². The first-order valence-electron chi connectivity index (χ1n) is 8.78. The number of rotatable bonds is 8.